The van der Waals surface area contributed by atoms with Crippen molar-refractivity contribution in [1.29, 1.82) is 5.26 Å². The second-order valence-corrected chi connectivity index (χ2v) is 5.89. The fourth-order valence-corrected chi connectivity index (χ4v) is 2.24. The third-order valence-corrected chi connectivity index (χ3v) is 3.54. The molecule has 0 aliphatic carbocycles. The van der Waals surface area contributed by atoms with E-state index in [1.165, 1.54) is 51.5 Å². The molecule has 0 aromatic heterocycles. The third-order valence-electron chi connectivity index (χ3n) is 3.54. The largest absolute Gasteiger partial charge is 0.313 e. The Balaban J connectivity index is 3.32. The molecular weight excluding hydrogens is 233 g/mol. The molecule has 0 aliphatic rings. The Labute approximate surface area is 121 Å². The van der Waals surface area contributed by atoms with E-state index in [9.17, 15) is 0 Å². The van der Waals surface area contributed by atoms with Crippen LogP contribution in [0.15, 0.2) is 0 Å². The summed E-state index contributed by atoms with van der Waals surface area (Å²) in [4.78, 5) is 4.39. The van der Waals surface area contributed by atoms with Crippen molar-refractivity contribution in [1.82, 2.24) is 9.80 Å². The van der Waals surface area contributed by atoms with Gasteiger partial charge in [-0.2, -0.15) is 0 Å². The molecule has 0 heterocycles. The first-order valence-electron chi connectivity index (χ1n) is 7.62. The first-order valence-corrected chi connectivity index (χ1v) is 7.62. The molecule has 0 aromatic rings. The van der Waals surface area contributed by atoms with Gasteiger partial charge in [-0.15, -0.1) is 0 Å². The van der Waals surface area contributed by atoms with Gasteiger partial charge in [-0.05, 0) is 59.5 Å². The predicted octanol–water partition coefficient (Wildman–Crippen LogP) is 2.74. The van der Waals surface area contributed by atoms with Crippen LogP contribution in [0.5, 0.6) is 0 Å². The monoisotopic (exact) mass is 264 g/mol. The van der Waals surface area contributed by atoms with Crippen molar-refractivity contribution in [3.8, 4) is 5.97 Å². The molecule has 0 N–H and O–H groups in total. The van der Waals surface area contributed by atoms with Crippen molar-refractivity contribution in [2.24, 2.45) is 0 Å². The van der Waals surface area contributed by atoms with Crippen molar-refractivity contribution in [2.75, 3.05) is 34.7 Å². The summed E-state index contributed by atoms with van der Waals surface area (Å²) in [6.45, 7) is 1.22. The zero-order valence-electron chi connectivity index (χ0n) is 13.4. The van der Waals surface area contributed by atoms with Crippen molar-refractivity contribution in [2.45, 2.75) is 57.3 Å². The molecule has 1 unspecified atom stereocenters. The van der Waals surface area contributed by atoms with Gasteiger partial charge in [0, 0.05) is 0 Å². The molecule has 0 saturated carbocycles. The lowest BCUT2D eigenvalue weighted by molar-refractivity contribution is 0.347. The van der Waals surface area contributed by atoms with Crippen LogP contribution < -0.4 is 0 Å². The standard InChI is InChI=1S/C15H31BN3/c1-18(2)13-11-9-7-5-6-8-10-12-15(16-14-17)19(3)4/h15H,5-13H2,1-4H3. The molecule has 0 rings (SSSR count). The second kappa shape index (κ2) is 12.5. The lowest BCUT2D eigenvalue weighted by atomic mass is 9.69. The minimum Gasteiger partial charge on any atom is -0.313 e. The molecule has 0 saturated heterocycles. The summed E-state index contributed by atoms with van der Waals surface area (Å²) in [6.07, 6.45) is 10.4. The molecule has 3 nitrogen and oxygen atoms in total. The SMILES string of the molecule is CN(C)CCCCCCCCCC([B]C#N)N(C)C. The molecule has 0 aliphatic heterocycles. The van der Waals surface area contributed by atoms with E-state index in [1.807, 2.05) is 14.1 Å². The van der Waals surface area contributed by atoms with Gasteiger partial charge in [-0.3, -0.25) is 0 Å². The third kappa shape index (κ3) is 12.3. The summed E-state index contributed by atoms with van der Waals surface area (Å²) in [7, 11) is 10.1. The van der Waals surface area contributed by atoms with E-state index in [-0.39, 0.29) is 0 Å². The summed E-state index contributed by atoms with van der Waals surface area (Å²) in [5.74, 6) is 2.49. The van der Waals surface area contributed by atoms with Gasteiger partial charge in [0.25, 0.3) is 7.28 Å². The van der Waals surface area contributed by atoms with Crippen LogP contribution in [0.3, 0.4) is 0 Å². The highest BCUT2D eigenvalue weighted by Crippen LogP contribution is 2.11. The topological polar surface area (TPSA) is 30.3 Å². The Hall–Kier alpha value is -0.525. The lowest BCUT2D eigenvalue weighted by Gasteiger charge is -2.20. The smallest absolute Gasteiger partial charge is 0.274 e. The maximum absolute atomic E-state index is 8.71. The molecule has 0 bridgehead atoms. The average Bonchev–Trinajstić information content (AvgIpc) is 2.34. The Morgan fingerprint density at radius 3 is 1.89 bits per heavy atom. The molecule has 0 aromatic carbocycles. The van der Waals surface area contributed by atoms with Crippen LogP contribution in [-0.4, -0.2) is 57.8 Å². The first-order chi connectivity index (χ1) is 9.07. The molecule has 0 spiro atoms. The van der Waals surface area contributed by atoms with E-state index in [2.05, 4.69) is 29.9 Å². The van der Waals surface area contributed by atoms with Crippen LogP contribution in [0, 0.1) is 11.2 Å². The summed E-state index contributed by atoms with van der Waals surface area (Å²) in [5.41, 5.74) is 0. The van der Waals surface area contributed by atoms with Crippen LogP contribution in [0.1, 0.15) is 51.4 Å². The van der Waals surface area contributed by atoms with Crippen molar-refractivity contribution in [3.05, 3.63) is 0 Å². The van der Waals surface area contributed by atoms with Gasteiger partial charge in [0.15, 0.2) is 0 Å². The molecule has 19 heavy (non-hydrogen) atoms. The number of nitrogens with zero attached hydrogens (tertiary/aromatic N) is 3. The van der Waals surface area contributed by atoms with Crippen LogP contribution >= 0.6 is 0 Å². The normalized spacial score (nSPS) is 12.7. The van der Waals surface area contributed by atoms with Gasteiger partial charge in [-0.25, -0.2) is 5.26 Å². The molecule has 4 heteroatoms. The van der Waals surface area contributed by atoms with E-state index >= 15 is 0 Å². The summed E-state index contributed by atoms with van der Waals surface area (Å²) >= 11 is 0. The summed E-state index contributed by atoms with van der Waals surface area (Å²) in [6, 6.07) is 0. The lowest BCUT2D eigenvalue weighted by Crippen LogP contribution is -2.33. The highest BCUT2D eigenvalue weighted by Gasteiger charge is 2.11. The van der Waals surface area contributed by atoms with Gasteiger partial charge in [0.2, 0.25) is 0 Å². The van der Waals surface area contributed by atoms with E-state index in [1.54, 1.807) is 7.28 Å². The second-order valence-electron chi connectivity index (χ2n) is 5.89. The fourth-order valence-electron chi connectivity index (χ4n) is 2.24. The van der Waals surface area contributed by atoms with E-state index in [4.69, 9.17) is 5.26 Å². The Morgan fingerprint density at radius 1 is 0.895 bits per heavy atom. The number of hydrogen-bond acceptors (Lipinski definition) is 3. The Kier molecular flexibility index (Phi) is 12.2. The minimum absolute atomic E-state index is 0.324. The van der Waals surface area contributed by atoms with Crippen molar-refractivity contribution >= 4 is 7.28 Å². The highest BCUT2D eigenvalue weighted by atomic mass is 15.1. The maximum Gasteiger partial charge on any atom is 0.274 e. The Bertz CT molecular complexity index is 236. The van der Waals surface area contributed by atoms with Gasteiger partial charge >= 0.3 is 0 Å². The molecule has 0 fully saturated rings. The molecule has 1 atom stereocenters. The molecular formula is C15H31BN3. The zero-order valence-corrected chi connectivity index (χ0v) is 13.4. The van der Waals surface area contributed by atoms with Crippen LogP contribution in [0.4, 0.5) is 0 Å². The Morgan fingerprint density at radius 2 is 1.42 bits per heavy atom. The zero-order chi connectivity index (χ0) is 14.5. The number of hydrogen-bond donors (Lipinski definition) is 0. The number of rotatable bonds is 12. The predicted molar refractivity (Wildman–Crippen MR) is 84.3 cm³/mol. The van der Waals surface area contributed by atoms with E-state index in [0.717, 1.165) is 6.42 Å². The van der Waals surface area contributed by atoms with Crippen LogP contribution in [0.25, 0.3) is 0 Å². The molecule has 109 valence electrons. The molecule has 0 amide bonds. The summed E-state index contributed by atoms with van der Waals surface area (Å²) < 4.78 is 0. The van der Waals surface area contributed by atoms with Crippen molar-refractivity contribution < 1.29 is 0 Å². The van der Waals surface area contributed by atoms with E-state index < -0.39 is 0 Å². The van der Waals surface area contributed by atoms with Crippen LogP contribution in [-0.2, 0) is 0 Å². The quantitative estimate of drug-likeness (QED) is 0.401. The van der Waals surface area contributed by atoms with Gasteiger partial charge in [-0.1, -0.05) is 38.5 Å². The van der Waals surface area contributed by atoms with Crippen LogP contribution in [0.2, 0.25) is 0 Å². The van der Waals surface area contributed by atoms with E-state index in [0.29, 0.717) is 5.94 Å². The average molecular weight is 264 g/mol. The van der Waals surface area contributed by atoms with Gasteiger partial charge in [0.1, 0.15) is 0 Å². The van der Waals surface area contributed by atoms with Gasteiger partial charge in [0.05, 0.1) is 0 Å². The van der Waals surface area contributed by atoms with Crippen molar-refractivity contribution in [3.63, 3.8) is 0 Å². The van der Waals surface area contributed by atoms with Gasteiger partial charge < -0.3 is 9.80 Å². The molecule has 1 radical (unpaired) electrons. The highest BCUT2D eigenvalue weighted by molar-refractivity contribution is 6.46. The maximum atomic E-state index is 8.71. The first kappa shape index (κ1) is 18.5. The fraction of sp³-hybridized carbons (Fsp3) is 0.933. The summed E-state index contributed by atoms with van der Waals surface area (Å²) in [5, 5.41) is 8.71. The minimum atomic E-state index is 0.324. The number of unbranched alkanes of at least 4 members (excludes halogenated alkanes) is 6. The number of nitriles is 1.